The minimum atomic E-state index is -1.10. The number of primary amides is 1. The summed E-state index contributed by atoms with van der Waals surface area (Å²) in [7, 11) is 0. The van der Waals surface area contributed by atoms with Crippen LogP contribution < -0.4 is 51.8 Å². The number of aromatic nitrogens is 3. The highest BCUT2D eigenvalue weighted by molar-refractivity contribution is 6.13. The number of piperazine rings is 1. The molecule has 0 unspecified atom stereocenters. The van der Waals surface area contributed by atoms with Gasteiger partial charge in [-0.3, -0.25) is 58.4 Å². The van der Waals surface area contributed by atoms with E-state index >= 15 is 0 Å². The number of phenols is 1. The zero-order valence-electron chi connectivity index (χ0n) is 55.4. The number of nitrogens with two attached hydrogens (primary N) is 1. The number of hydrogen-bond acceptors (Lipinski definition) is 19. The lowest BCUT2D eigenvalue weighted by atomic mass is 9.89. The highest BCUT2D eigenvalue weighted by Gasteiger charge is 2.53. The van der Waals surface area contributed by atoms with Crippen molar-refractivity contribution in [2.75, 3.05) is 72.4 Å². The van der Waals surface area contributed by atoms with Gasteiger partial charge in [-0.15, -0.1) is 10.2 Å². The van der Waals surface area contributed by atoms with Crippen LogP contribution in [0, 0.1) is 12.8 Å². The topological polar surface area (TPSA) is 354 Å². The Kier molecular flexibility index (Phi) is 21.3. The molecule has 8 N–H and O–H groups in total. The highest BCUT2D eigenvalue weighted by atomic mass is 16.6. The van der Waals surface area contributed by atoms with Crippen LogP contribution in [0.3, 0.4) is 0 Å². The lowest BCUT2D eigenvalue weighted by Gasteiger charge is -2.46. The molecule has 5 atom stereocenters. The Bertz CT molecular complexity index is 3920. The molecule has 0 saturated carbocycles. The summed E-state index contributed by atoms with van der Waals surface area (Å²) in [6.45, 7) is 12.4. The Morgan fingerprint density at radius 2 is 1.61 bits per heavy atom. The average Bonchev–Trinajstić information content (AvgIpc) is 1.47. The van der Waals surface area contributed by atoms with Gasteiger partial charge in [-0.1, -0.05) is 57.5 Å². The fraction of sp³-hybridized carbons (Fsp3) is 0.443. The molecule has 11 rings (SSSR count). The number of nitrogens with zero attached hydrogens (tertiary/aromatic N) is 9. The number of pyridine rings is 1. The van der Waals surface area contributed by atoms with Gasteiger partial charge < -0.3 is 56.3 Å². The molecule has 0 radical (unpaired) electrons. The van der Waals surface area contributed by atoms with E-state index < -0.39 is 53.5 Å². The second-order valence-corrected chi connectivity index (χ2v) is 26.1. The van der Waals surface area contributed by atoms with Crippen LogP contribution in [0.15, 0.2) is 97.2 Å². The van der Waals surface area contributed by atoms with Gasteiger partial charge in [0.05, 0.1) is 30.0 Å². The molecule has 11 amide bonds. The van der Waals surface area contributed by atoms with Crippen LogP contribution in [0.25, 0.3) is 11.3 Å². The zero-order chi connectivity index (χ0) is 69.4. The number of rotatable bonds is 26. The number of carbonyl (C=O) groups excluding carboxylic acids is 10. The van der Waals surface area contributed by atoms with E-state index in [2.05, 4.69) is 64.5 Å². The summed E-state index contributed by atoms with van der Waals surface area (Å²) in [4.78, 5) is 144. The van der Waals surface area contributed by atoms with E-state index in [-0.39, 0.29) is 105 Å². The highest BCUT2D eigenvalue weighted by Crippen LogP contribution is 2.48. The van der Waals surface area contributed by atoms with Crippen LogP contribution >= 0.6 is 0 Å². The van der Waals surface area contributed by atoms with Crippen molar-refractivity contribution in [2.45, 2.75) is 141 Å². The van der Waals surface area contributed by atoms with Gasteiger partial charge in [0.2, 0.25) is 35.4 Å². The predicted molar refractivity (Wildman–Crippen MR) is 360 cm³/mol. The molecular formula is C70H83N15O13. The number of phenolic OH excluding ortho intramolecular Hbond substituents is 1. The number of aryl methyl sites for hydroxylation is 1. The molecule has 28 nitrogen and oxygen atoms in total. The first-order valence-corrected chi connectivity index (χ1v) is 33.5. The fourth-order valence-electron chi connectivity index (χ4n) is 13.6. The van der Waals surface area contributed by atoms with Crippen LogP contribution in [0.1, 0.15) is 118 Å². The predicted octanol–water partition coefficient (Wildman–Crippen LogP) is 5.10. The molecule has 6 aliphatic heterocycles. The van der Waals surface area contributed by atoms with Gasteiger partial charge in [0.25, 0.3) is 17.7 Å². The Morgan fingerprint density at radius 3 is 2.33 bits per heavy atom. The number of urea groups is 1. The van der Waals surface area contributed by atoms with Gasteiger partial charge in [0, 0.05) is 118 Å². The largest absolute Gasteiger partial charge is 0.507 e. The number of anilines is 4. The van der Waals surface area contributed by atoms with E-state index in [1.54, 1.807) is 67.3 Å². The van der Waals surface area contributed by atoms with Gasteiger partial charge >= 0.3 is 12.1 Å². The van der Waals surface area contributed by atoms with Gasteiger partial charge in [-0.2, -0.15) is 0 Å². The summed E-state index contributed by atoms with van der Waals surface area (Å²) < 4.78 is 12.8. The standard InChI is InChI=1S/C70H83N15O13/c1-5-70-35-49(98-66-43(4)32-45(36-73-66)37-80-28-30-81(31-29-80)48-21-18-46-38-83(67(94)51(46)33-48)54-22-23-58(88)77-64(54)92)39-85(70)55-34-53(50-12-8-9-14-56(50)86)78-79-62(55)84(41-70)69(96)97-40-44-16-19-47(20-17-44)74-63(91)52(13-11-26-72-68(71)95)75-65(93)61(42(2)3)76-57(87)15-7-6-10-27-82-59(89)24-25-60(82)90/h8-9,12,14,16-21,24-25,32-34,36,42,49,52,54,61,86H,5-7,10-11,13,15,22-23,26-31,35,37-41H2,1-4H3,(H,74,91)(H,75,93)(H,76,87)(H3,71,72,95)(H,77,88,92)/t49-,52+,54+,61+,70+/m1/s1. The third kappa shape index (κ3) is 15.8. The van der Waals surface area contributed by atoms with Crippen LogP contribution in [0.2, 0.25) is 0 Å². The number of ether oxygens (including phenoxy) is 2. The van der Waals surface area contributed by atoms with Crippen molar-refractivity contribution in [1.29, 1.82) is 0 Å². The van der Waals surface area contributed by atoms with E-state index in [9.17, 15) is 53.1 Å². The molecule has 2 aromatic heterocycles. The summed E-state index contributed by atoms with van der Waals surface area (Å²) >= 11 is 0. The van der Waals surface area contributed by atoms with Crippen molar-refractivity contribution in [2.24, 2.45) is 11.7 Å². The minimum absolute atomic E-state index is 0.0142. The lowest BCUT2D eigenvalue weighted by Crippen LogP contribution is -2.57. The van der Waals surface area contributed by atoms with Gasteiger partial charge in [0.15, 0.2) is 5.82 Å². The molecule has 5 aromatic rings. The number of amides is 11. The fourth-order valence-corrected chi connectivity index (χ4v) is 13.6. The van der Waals surface area contributed by atoms with E-state index in [1.807, 2.05) is 37.4 Å². The number of nitrogens with one attached hydrogen (secondary N) is 5. The summed E-state index contributed by atoms with van der Waals surface area (Å²) in [5.74, 6) is -2.79. The maximum absolute atomic E-state index is 14.5. The Hall–Kier alpha value is -10.5. The summed E-state index contributed by atoms with van der Waals surface area (Å²) in [6, 6.07) is 19.8. The van der Waals surface area contributed by atoms with Gasteiger partial charge in [-0.05, 0) is 117 Å². The zero-order valence-corrected chi connectivity index (χ0v) is 55.4. The number of para-hydroxylation sites is 1. The molecule has 3 saturated heterocycles. The maximum Gasteiger partial charge on any atom is 0.416 e. The number of fused-ring (bicyclic) bond motifs is 4. The number of piperidine rings is 1. The molecule has 0 bridgehead atoms. The second kappa shape index (κ2) is 30.3. The molecule has 0 spiro atoms. The first kappa shape index (κ1) is 68.9. The molecular weight excluding hydrogens is 1260 g/mol. The monoisotopic (exact) mass is 1340 g/mol. The SMILES string of the molecule is CC[C@@]12C[C@@H](Oc3ncc(CN4CCN(c5ccc6c(c5)C(=O)N([C@H]5CCC(=O)NC5=O)C6)CC4)cc3C)CN1c1cc(-c3ccccc3O)nnc1N(C(=O)OCc1ccc(NC(=O)[C@H](CCCNC(N)=O)NC(=O)[C@@H](NC(=O)CCCCCN3C(=O)C=CC3=O)C(C)C)cc1)C2. The van der Waals surface area contributed by atoms with Crippen molar-refractivity contribution in [3.05, 3.63) is 125 Å². The van der Waals surface area contributed by atoms with Gasteiger partial charge in [0.1, 0.15) is 36.6 Å². The van der Waals surface area contributed by atoms with Crippen LogP contribution in [-0.2, 0) is 58.0 Å². The van der Waals surface area contributed by atoms with Crippen molar-refractivity contribution in [3.63, 3.8) is 0 Å². The number of aromatic hydroxyl groups is 1. The normalized spacial score (nSPS) is 19.6. The maximum atomic E-state index is 14.5. The number of benzene rings is 3. The Labute approximate surface area is 567 Å². The molecule has 3 aromatic carbocycles. The van der Waals surface area contributed by atoms with Crippen LogP contribution in [0.4, 0.5) is 32.5 Å². The summed E-state index contributed by atoms with van der Waals surface area (Å²) in [5.41, 5.74) is 11.4. The van der Waals surface area contributed by atoms with Crippen molar-refractivity contribution in [3.8, 4) is 22.9 Å². The van der Waals surface area contributed by atoms with Crippen molar-refractivity contribution >= 4 is 82.3 Å². The van der Waals surface area contributed by atoms with Crippen LogP contribution in [-0.4, -0.2) is 176 Å². The number of hydrogen-bond donors (Lipinski definition) is 7. The second-order valence-electron chi connectivity index (χ2n) is 26.1. The summed E-state index contributed by atoms with van der Waals surface area (Å²) in [5, 5.41) is 33.3. The molecule has 0 aliphatic carbocycles. The Balaban J connectivity index is 0.699. The van der Waals surface area contributed by atoms with Crippen molar-refractivity contribution < 1.29 is 62.5 Å². The average molecular weight is 1340 g/mol. The third-order valence-corrected chi connectivity index (χ3v) is 19.0. The smallest absolute Gasteiger partial charge is 0.416 e. The Morgan fingerprint density at radius 1 is 0.847 bits per heavy atom. The van der Waals surface area contributed by atoms with Crippen molar-refractivity contribution in [1.82, 2.24) is 51.1 Å². The minimum Gasteiger partial charge on any atom is -0.507 e. The molecule has 3 fully saturated rings. The van der Waals surface area contributed by atoms with E-state index in [1.165, 1.54) is 17.1 Å². The molecule has 98 heavy (non-hydrogen) atoms. The lowest BCUT2D eigenvalue weighted by molar-refractivity contribution is -0.138. The van der Waals surface area contributed by atoms with Crippen LogP contribution in [0.5, 0.6) is 11.6 Å². The van der Waals surface area contributed by atoms with E-state index in [0.717, 1.165) is 53.5 Å². The quantitative estimate of drug-likeness (QED) is 0.0280. The summed E-state index contributed by atoms with van der Waals surface area (Å²) in [6.07, 6.45) is 6.88. The molecule has 8 heterocycles. The van der Waals surface area contributed by atoms with E-state index in [4.69, 9.17) is 20.2 Å². The number of imide groups is 2. The van der Waals surface area contributed by atoms with E-state index in [0.29, 0.717) is 97.8 Å². The van der Waals surface area contributed by atoms with Gasteiger partial charge in [-0.25, -0.2) is 14.6 Å². The first-order valence-electron chi connectivity index (χ1n) is 33.5. The molecule has 6 aliphatic rings. The molecule has 516 valence electrons. The number of carbonyl (C=O) groups is 10. The third-order valence-electron chi connectivity index (χ3n) is 19.0. The number of unbranched alkanes of at least 4 members (excludes halogenated alkanes) is 2. The first-order chi connectivity index (χ1) is 47.1. The molecule has 28 heteroatoms.